The van der Waals surface area contributed by atoms with E-state index in [4.69, 9.17) is 16.3 Å². The number of hydrogen-bond donors (Lipinski definition) is 1. The van der Waals surface area contributed by atoms with Gasteiger partial charge >= 0.3 is 0 Å². The molecule has 0 aliphatic carbocycles. The van der Waals surface area contributed by atoms with Crippen molar-refractivity contribution in [2.24, 2.45) is 0 Å². The Morgan fingerprint density at radius 2 is 2.15 bits per heavy atom. The summed E-state index contributed by atoms with van der Waals surface area (Å²) in [6, 6.07) is 11.5. The molecular formula is C20H22ClN3O2. The monoisotopic (exact) mass is 371 g/mol. The van der Waals surface area contributed by atoms with Gasteiger partial charge in [0.25, 0.3) is 5.91 Å². The third kappa shape index (κ3) is 4.75. The van der Waals surface area contributed by atoms with Crippen LogP contribution in [0.5, 0.6) is 0 Å². The number of methoxy groups -OCH3 is 1. The second-order valence-electron chi connectivity index (χ2n) is 5.91. The average molecular weight is 372 g/mol. The lowest BCUT2D eigenvalue weighted by Gasteiger charge is -2.10. The Hall–Kier alpha value is -2.55. The van der Waals surface area contributed by atoms with Crippen LogP contribution in [0.3, 0.4) is 0 Å². The highest BCUT2D eigenvalue weighted by atomic mass is 35.5. The number of benzene rings is 1. The molecule has 0 fully saturated rings. The summed E-state index contributed by atoms with van der Waals surface area (Å²) in [5, 5.41) is 12.7. The van der Waals surface area contributed by atoms with Crippen molar-refractivity contribution in [2.75, 3.05) is 20.3 Å². The van der Waals surface area contributed by atoms with Gasteiger partial charge in [-0.05, 0) is 56.2 Å². The van der Waals surface area contributed by atoms with E-state index in [9.17, 15) is 10.1 Å². The van der Waals surface area contributed by atoms with E-state index >= 15 is 0 Å². The van der Waals surface area contributed by atoms with Crippen molar-refractivity contribution in [3.8, 4) is 11.8 Å². The topological polar surface area (TPSA) is 67.0 Å². The SMILES string of the molecule is COCCCNC(=O)/C(C#N)=C/c1cc(C)n(-c2cccc(Cl)c2)c1C. The second kappa shape index (κ2) is 9.23. The van der Waals surface area contributed by atoms with Gasteiger partial charge in [0.15, 0.2) is 0 Å². The fourth-order valence-electron chi connectivity index (χ4n) is 2.76. The first-order chi connectivity index (χ1) is 12.5. The van der Waals surface area contributed by atoms with Gasteiger partial charge in [0, 0.05) is 42.4 Å². The summed E-state index contributed by atoms with van der Waals surface area (Å²) in [5.41, 5.74) is 3.77. The first kappa shape index (κ1) is 19.8. The first-order valence-corrected chi connectivity index (χ1v) is 8.69. The number of rotatable bonds is 7. The fourth-order valence-corrected chi connectivity index (χ4v) is 2.95. The van der Waals surface area contributed by atoms with Crippen LogP contribution in [-0.2, 0) is 9.53 Å². The highest BCUT2D eigenvalue weighted by Crippen LogP contribution is 2.24. The molecule has 0 atom stereocenters. The van der Waals surface area contributed by atoms with Gasteiger partial charge in [0.1, 0.15) is 11.6 Å². The number of aromatic nitrogens is 1. The summed E-state index contributed by atoms with van der Waals surface area (Å²) >= 11 is 6.10. The van der Waals surface area contributed by atoms with Crippen LogP contribution in [0, 0.1) is 25.2 Å². The molecule has 1 amide bonds. The Bertz CT molecular complexity index is 862. The Kier molecular flexibility index (Phi) is 7.02. The van der Waals surface area contributed by atoms with Crippen LogP contribution >= 0.6 is 11.6 Å². The number of nitriles is 1. The number of hydrogen-bond acceptors (Lipinski definition) is 3. The molecule has 0 aliphatic rings. The maximum Gasteiger partial charge on any atom is 0.261 e. The molecule has 0 spiro atoms. The van der Waals surface area contributed by atoms with Crippen LogP contribution in [0.15, 0.2) is 35.9 Å². The number of halogens is 1. The summed E-state index contributed by atoms with van der Waals surface area (Å²) in [6.45, 7) is 4.95. The average Bonchev–Trinajstić information content (AvgIpc) is 2.89. The van der Waals surface area contributed by atoms with Crippen LogP contribution in [0.1, 0.15) is 23.4 Å². The summed E-state index contributed by atoms with van der Waals surface area (Å²) in [5.74, 6) is -0.379. The molecule has 0 unspecified atom stereocenters. The third-order valence-corrected chi connectivity index (χ3v) is 4.25. The Balaban J connectivity index is 2.28. The maximum atomic E-state index is 12.2. The van der Waals surface area contributed by atoms with Gasteiger partial charge in [0.05, 0.1) is 0 Å². The molecule has 1 aromatic carbocycles. The fraction of sp³-hybridized carbons (Fsp3) is 0.300. The summed E-state index contributed by atoms with van der Waals surface area (Å²) in [4.78, 5) is 12.2. The number of nitrogens with zero attached hydrogens (tertiary/aromatic N) is 2. The number of aryl methyl sites for hydroxylation is 1. The van der Waals surface area contributed by atoms with E-state index in [1.54, 1.807) is 13.2 Å². The lowest BCUT2D eigenvalue weighted by atomic mass is 10.1. The predicted molar refractivity (Wildman–Crippen MR) is 103 cm³/mol. The highest BCUT2D eigenvalue weighted by Gasteiger charge is 2.13. The van der Waals surface area contributed by atoms with Crippen molar-refractivity contribution in [3.05, 3.63) is 57.9 Å². The van der Waals surface area contributed by atoms with E-state index < -0.39 is 0 Å². The van der Waals surface area contributed by atoms with Crippen molar-refractivity contribution in [3.63, 3.8) is 0 Å². The second-order valence-corrected chi connectivity index (χ2v) is 6.35. The number of amides is 1. The number of ether oxygens (including phenoxy) is 1. The quantitative estimate of drug-likeness (QED) is 0.457. The maximum absolute atomic E-state index is 12.2. The minimum atomic E-state index is -0.379. The van der Waals surface area contributed by atoms with E-state index in [1.807, 2.05) is 54.8 Å². The molecule has 1 heterocycles. The molecule has 6 heteroatoms. The predicted octanol–water partition coefficient (Wildman–Crippen LogP) is 3.81. The molecule has 0 bridgehead atoms. The van der Waals surface area contributed by atoms with E-state index in [2.05, 4.69) is 5.32 Å². The van der Waals surface area contributed by atoms with Gasteiger partial charge < -0.3 is 14.6 Å². The summed E-state index contributed by atoms with van der Waals surface area (Å²) in [6.07, 6.45) is 2.32. The molecule has 26 heavy (non-hydrogen) atoms. The molecule has 0 saturated heterocycles. The van der Waals surface area contributed by atoms with E-state index in [1.165, 1.54) is 0 Å². The standard InChI is InChI=1S/C20H22ClN3O2/c1-14-10-16(11-17(13-22)20(25)23-8-5-9-26-3)15(2)24(14)19-7-4-6-18(21)12-19/h4,6-7,10-12H,5,8-9H2,1-3H3,(H,23,25)/b17-11+. The van der Waals surface area contributed by atoms with Crippen LogP contribution in [0.25, 0.3) is 11.8 Å². The van der Waals surface area contributed by atoms with Crippen molar-refractivity contribution >= 4 is 23.6 Å². The van der Waals surface area contributed by atoms with E-state index in [-0.39, 0.29) is 11.5 Å². The number of nitrogens with one attached hydrogen (secondary N) is 1. The zero-order valence-electron chi connectivity index (χ0n) is 15.2. The van der Waals surface area contributed by atoms with Gasteiger partial charge in [-0.1, -0.05) is 17.7 Å². The molecule has 5 nitrogen and oxygen atoms in total. The molecule has 0 radical (unpaired) electrons. The normalized spacial score (nSPS) is 11.3. The lowest BCUT2D eigenvalue weighted by Crippen LogP contribution is -2.26. The zero-order valence-corrected chi connectivity index (χ0v) is 15.9. The molecule has 2 aromatic rings. The lowest BCUT2D eigenvalue weighted by molar-refractivity contribution is -0.117. The third-order valence-electron chi connectivity index (χ3n) is 4.01. The highest BCUT2D eigenvalue weighted by molar-refractivity contribution is 6.30. The van der Waals surface area contributed by atoms with Gasteiger partial charge in [-0.25, -0.2) is 0 Å². The Morgan fingerprint density at radius 1 is 1.38 bits per heavy atom. The van der Waals surface area contributed by atoms with Crippen LogP contribution < -0.4 is 5.32 Å². The minimum absolute atomic E-state index is 0.0776. The van der Waals surface area contributed by atoms with Crippen molar-refractivity contribution in [2.45, 2.75) is 20.3 Å². The van der Waals surface area contributed by atoms with Gasteiger partial charge in [0.2, 0.25) is 0 Å². The van der Waals surface area contributed by atoms with Crippen LogP contribution in [0.2, 0.25) is 5.02 Å². The first-order valence-electron chi connectivity index (χ1n) is 8.31. The smallest absolute Gasteiger partial charge is 0.261 e. The molecule has 0 saturated carbocycles. The van der Waals surface area contributed by atoms with Crippen molar-refractivity contribution in [1.29, 1.82) is 5.26 Å². The Labute approximate surface area is 158 Å². The van der Waals surface area contributed by atoms with Gasteiger partial charge in [-0.2, -0.15) is 5.26 Å². The summed E-state index contributed by atoms with van der Waals surface area (Å²) in [7, 11) is 1.61. The summed E-state index contributed by atoms with van der Waals surface area (Å²) < 4.78 is 6.99. The molecule has 1 N–H and O–H groups in total. The zero-order chi connectivity index (χ0) is 19.1. The molecular weight excluding hydrogens is 350 g/mol. The van der Waals surface area contributed by atoms with E-state index in [0.29, 0.717) is 24.6 Å². The largest absolute Gasteiger partial charge is 0.385 e. The van der Waals surface area contributed by atoms with Crippen molar-refractivity contribution < 1.29 is 9.53 Å². The number of carbonyl (C=O) groups is 1. The van der Waals surface area contributed by atoms with Gasteiger partial charge in [-0.3, -0.25) is 4.79 Å². The molecule has 0 aliphatic heterocycles. The minimum Gasteiger partial charge on any atom is -0.385 e. The van der Waals surface area contributed by atoms with Gasteiger partial charge in [-0.15, -0.1) is 0 Å². The van der Waals surface area contributed by atoms with Crippen LogP contribution in [-0.4, -0.2) is 30.7 Å². The van der Waals surface area contributed by atoms with E-state index in [0.717, 1.165) is 22.6 Å². The molecule has 1 aromatic heterocycles. The molecule has 136 valence electrons. The van der Waals surface area contributed by atoms with Crippen molar-refractivity contribution in [1.82, 2.24) is 9.88 Å². The van der Waals surface area contributed by atoms with Crippen LogP contribution in [0.4, 0.5) is 0 Å². The number of carbonyl (C=O) groups excluding carboxylic acids is 1. The molecule has 2 rings (SSSR count). The Morgan fingerprint density at radius 3 is 2.81 bits per heavy atom.